The van der Waals surface area contributed by atoms with Crippen molar-refractivity contribution in [3.63, 3.8) is 0 Å². The third-order valence-corrected chi connectivity index (χ3v) is 9.44. The van der Waals surface area contributed by atoms with E-state index in [0.717, 1.165) is 0 Å². The number of nitrogens with one attached hydrogen (secondary N) is 4. The Bertz CT molecular complexity index is 1080. The van der Waals surface area contributed by atoms with Gasteiger partial charge in [-0.1, -0.05) is 69.1 Å². The van der Waals surface area contributed by atoms with Gasteiger partial charge in [0.1, 0.15) is 24.2 Å². The first kappa shape index (κ1) is 31.0. The summed E-state index contributed by atoms with van der Waals surface area (Å²) in [6.07, 6.45) is -1.36. The van der Waals surface area contributed by atoms with Crippen LogP contribution in [0, 0.1) is 0 Å². The predicted molar refractivity (Wildman–Crippen MR) is 148 cm³/mol. The Labute approximate surface area is 242 Å². The number of aliphatic hydroxyl groups excluding tert-OH is 2. The number of carbonyl (C=O) groups is 5. The number of halogens is 2. The summed E-state index contributed by atoms with van der Waals surface area (Å²) in [5.41, 5.74) is 0.600. The third-order valence-electron chi connectivity index (χ3n) is 6.73. The van der Waals surface area contributed by atoms with Gasteiger partial charge in [0, 0.05) is 11.4 Å². The molecule has 8 atom stereocenters. The number of benzene rings is 1. The molecule has 3 rings (SSSR count). The number of alkyl halides is 2. The molecule has 14 heteroatoms. The van der Waals surface area contributed by atoms with Gasteiger partial charge in [-0.15, -0.1) is 0 Å². The van der Waals surface area contributed by atoms with Gasteiger partial charge < -0.3 is 36.4 Å². The van der Waals surface area contributed by atoms with Crippen molar-refractivity contribution in [1.29, 1.82) is 0 Å². The highest BCUT2D eigenvalue weighted by molar-refractivity contribution is 9.12. The molecule has 5 amide bonds. The van der Waals surface area contributed by atoms with Crippen molar-refractivity contribution in [1.82, 2.24) is 26.2 Å². The standard InChI is InChI=1S/C25H33Br2N5O7/c1-3-15-25(39)32-10-14(26)19(27)21(32)24(38)31-20(12(2)34)23(37)30-17(11-33)22(36)29-16(9-18(35)28-15)13-7-5-4-6-8-13/h4-8,12,14-17,19-21,33-34H,3,9-11H2,1-2H3,(H,28,35)(H,29,36)(H,30,37)(H,31,38)/t12?,14-,15+,16-,17+,19+,20+,21+/m1/s1. The van der Waals surface area contributed by atoms with E-state index in [1.165, 1.54) is 11.8 Å². The van der Waals surface area contributed by atoms with E-state index in [4.69, 9.17) is 0 Å². The van der Waals surface area contributed by atoms with Crippen LogP contribution in [0.15, 0.2) is 30.3 Å². The zero-order valence-electron chi connectivity index (χ0n) is 21.5. The predicted octanol–water partition coefficient (Wildman–Crippen LogP) is -0.777. The largest absolute Gasteiger partial charge is 0.394 e. The summed E-state index contributed by atoms with van der Waals surface area (Å²) in [7, 11) is 0. The van der Waals surface area contributed by atoms with E-state index >= 15 is 0 Å². The van der Waals surface area contributed by atoms with Crippen molar-refractivity contribution in [3.05, 3.63) is 35.9 Å². The van der Waals surface area contributed by atoms with Crippen LogP contribution in [0.5, 0.6) is 0 Å². The molecule has 2 heterocycles. The van der Waals surface area contributed by atoms with Crippen LogP contribution in [-0.2, 0) is 24.0 Å². The van der Waals surface area contributed by atoms with E-state index in [9.17, 15) is 34.2 Å². The molecular formula is C25H33Br2N5O7. The normalized spacial score (nSPS) is 32.0. The number of hydrogen-bond donors (Lipinski definition) is 6. The third kappa shape index (κ3) is 7.35. The molecule has 1 unspecified atom stereocenters. The number of amides is 5. The summed E-state index contributed by atoms with van der Waals surface area (Å²) in [5, 5.41) is 30.4. The lowest BCUT2D eigenvalue weighted by Gasteiger charge is -2.32. The van der Waals surface area contributed by atoms with Crippen LogP contribution in [0.1, 0.15) is 38.3 Å². The lowest BCUT2D eigenvalue weighted by atomic mass is 10.0. The number of carbonyl (C=O) groups excluding carboxylic acids is 5. The van der Waals surface area contributed by atoms with Gasteiger partial charge in [0.15, 0.2) is 0 Å². The van der Waals surface area contributed by atoms with Crippen molar-refractivity contribution in [2.75, 3.05) is 13.2 Å². The topological polar surface area (TPSA) is 177 Å². The van der Waals surface area contributed by atoms with Gasteiger partial charge in [-0.2, -0.15) is 0 Å². The second kappa shape index (κ2) is 13.7. The Morgan fingerprint density at radius 3 is 2.21 bits per heavy atom. The molecule has 0 bridgehead atoms. The molecule has 1 aromatic rings. The fraction of sp³-hybridized carbons (Fsp3) is 0.560. The van der Waals surface area contributed by atoms with Crippen molar-refractivity contribution < 1.29 is 34.2 Å². The lowest BCUT2D eigenvalue weighted by Crippen LogP contribution is -2.62. The number of fused-ring (bicyclic) bond motifs is 1. The smallest absolute Gasteiger partial charge is 0.245 e. The number of aliphatic hydroxyl groups is 2. The van der Waals surface area contributed by atoms with E-state index in [2.05, 4.69) is 53.1 Å². The minimum absolute atomic E-state index is 0.153. The van der Waals surface area contributed by atoms with Crippen molar-refractivity contribution in [3.8, 4) is 0 Å². The van der Waals surface area contributed by atoms with Crippen molar-refractivity contribution >= 4 is 61.4 Å². The van der Waals surface area contributed by atoms with E-state index in [1.54, 1.807) is 37.3 Å². The Balaban J connectivity index is 2.02. The zero-order valence-corrected chi connectivity index (χ0v) is 24.6. The summed E-state index contributed by atoms with van der Waals surface area (Å²) < 4.78 is 0. The molecule has 0 radical (unpaired) electrons. The Morgan fingerprint density at radius 1 is 0.949 bits per heavy atom. The highest BCUT2D eigenvalue weighted by Gasteiger charge is 2.48. The average molecular weight is 675 g/mol. The molecule has 2 aliphatic rings. The van der Waals surface area contributed by atoms with E-state index in [0.29, 0.717) is 5.56 Å². The van der Waals surface area contributed by atoms with Gasteiger partial charge in [-0.05, 0) is 18.9 Å². The maximum Gasteiger partial charge on any atom is 0.245 e. The van der Waals surface area contributed by atoms with Crippen LogP contribution < -0.4 is 21.3 Å². The first-order chi connectivity index (χ1) is 18.5. The Hall–Kier alpha value is -2.55. The summed E-state index contributed by atoms with van der Waals surface area (Å²) >= 11 is 6.93. The van der Waals surface area contributed by atoms with Gasteiger partial charge in [0.2, 0.25) is 29.5 Å². The number of rotatable bonds is 4. The van der Waals surface area contributed by atoms with Crippen LogP contribution in [-0.4, -0.2) is 97.7 Å². The molecule has 0 spiro atoms. The minimum atomic E-state index is -1.48. The van der Waals surface area contributed by atoms with Crippen LogP contribution in [0.2, 0.25) is 0 Å². The van der Waals surface area contributed by atoms with E-state index in [-0.39, 0.29) is 24.2 Å². The second-order valence-electron chi connectivity index (χ2n) is 9.57. The molecule has 39 heavy (non-hydrogen) atoms. The molecule has 6 N–H and O–H groups in total. The lowest BCUT2D eigenvalue weighted by molar-refractivity contribution is -0.143. The highest BCUT2D eigenvalue weighted by Crippen LogP contribution is 2.31. The van der Waals surface area contributed by atoms with Crippen LogP contribution >= 0.6 is 31.9 Å². The Kier molecular flexibility index (Phi) is 10.9. The molecule has 214 valence electrons. The van der Waals surface area contributed by atoms with Crippen molar-refractivity contribution in [2.45, 2.75) is 72.7 Å². The maximum atomic E-state index is 13.6. The number of nitrogens with zero attached hydrogens (tertiary/aromatic N) is 1. The molecule has 1 aromatic carbocycles. The van der Waals surface area contributed by atoms with Gasteiger partial charge in [0.05, 0.1) is 30.0 Å². The molecule has 0 aromatic heterocycles. The number of hydrogen-bond acceptors (Lipinski definition) is 7. The van der Waals surface area contributed by atoms with Crippen LogP contribution in [0.4, 0.5) is 0 Å². The summed E-state index contributed by atoms with van der Waals surface area (Å²) in [4.78, 5) is 66.7. The molecule has 2 fully saturated rings. The maximum absolute atomic E-state index is 13.6. The molecular weight excluding hydrogens is 642 g/mol. The quantitative estimate of drug-likeness (QED) is 0.227. The first-order valence-electron chi connectivity index (χ1n) is 12.6. The van der Waals surface area contributed by atoms with Crippen LogP contribution in [0.3, 0.4) is 0 Å². The molecule has 0 aliphatic carbocycles. The zero-order chi connectivity index (χ0) is 28.9. The summed E-state index contributed by atoms with van der Waals surface area (Å²) in [6.45, 7) is 2.39. The molecule has 2 aliphatic heterocycles. The summed E-state index contributed by atoms with van der Waals surface area (Å²) in [5.74, 6) is -3.39. The molecule has 0 saturated carbocycles. The fourth-order valence-electron chi connectivity index (χ4n) is 4.57. The van der Waals surface area contributed by atoms with Gasteiger partial charge in [0.25, 0.3) is 0 Å². The average Bonchev–Trinajstić information content (AvgIpc) is 3.21. The van der Waals surface area contributed by atoms with Gasteiger partial charge >= 0.3 is 0 Å². The SMILES string of the molecule is CC[C@@H]1NC(=O)C[C@H](c2ccccc2)NC(=O)[C@H](CO)NC(=O)[C@H](C(C)O)NC(=O)[C@@H]2[C@@H](Br)[C@H](Br)CN2C1=O. The Morgan fingerprint density at radius 2 is 1.62 bits per heavy atom. The van der Waals surface area contributed by atoms with E-state index in [1.807, 2.05) is 0 Å². The van der Waals surface area contributed by atoms with Gasteiger partial charge in [-0.25, -0.2) is 0 Å². The van der Waals surface area contributed by atoms with Crippen molar-refractivity contribution in [2.24, 2.45) is 0 Å². The molecule has 12 nitrogen and oxygen atoms in total. The molecule has 2 saturated heterocycles. The first-order valence-corrected chi connectivity index (χ1v) is 14.4. The van der Waals surface area contributed by atoms with Gasteiger partial charge in [-0.3, -0.25) is 24.0 Å². The highest BCUT2D eigenvalue weighted by atomic mass is 79.9. The fourth-order valence-corrected chi connectivity index (χ4v) is 5.87. The minimum Gasteiger partial charge on any atom is -0.394 e. The van der Waals surface area contributed by atoms with E-state index < -0.39 is 77.3 Å². The monoisotopic (exact) mass is 673 g/mol. The summed E-state index contributed by atoms with van der Waals surface area (Å²) in [6, 6.07) is 2.90. The second-order valence-corrected chi connectivity index (χ2v) is 11.8. The van der Waals surface area contributed by atoms with Crippen LogP contribution in [0.25, 0.3) is 0 Å².